The Morgan fingerprint density at radius 3 is 2.21 bits per heavy atom. The van der Waals surface area contributed by atoms with E-state index in [4.69, 9.17) is 4.74 Å². The summed E-state index contributed by atoms with van der Waals surface area (Å²) in [5.74, 6) is 0.271. The lowest BCUT2D eigenvalue weighted by Crippen LogP contribution is -2.42. The van der Waals surface area contributed by atoms with Gasteiger partial charge in [-0.05, 0) is 54.3 Å². The van der Waals surface area contributed by atoms with Crippen LogP contribution >= 0.6 is 0 Å². The van der Waals surface area contributed by atoms with Crippen molar-refractivity contribution in [1.82, 2.24) is 10.2 Å². The molecule has 0 bridgehead atoms. The topological polar surface area (TPSA) is 94.1 Å². The fourth-order valence-electron chi connectivity index (χ4n) is 5.25. The van der Waals surface area contributed by atoms with Crippen LogP contribution in [-0.2, 0) is 16.1 Å². The number of phenolic OH excluding ortho intramolecular Hbond substituents is 1. The first-order valence-electron chi connectivity index (χ1n) is 14.7. The van der Waals surface area contributed by atoms with Crippen LogP contribution in [0.1, 0.15) is 24.8 Å². The van der Waals surface area contributed by atoms with Crippen molar-refractivity contribution in [2.24, 2.45) is 0 Å². The van der Waals surface area contributed by atoms with Gasteiger partial charge in [0.1, 0.15) is 11.9 Å². The van der Waals surface area contributed by atoms with E-state index in [1.54, 1.807) is 17.0 Å². The number of carbonyl (C=O) groups is 2. The lowest BCUT2D eigenvalue weighted by molar-refractivity contribution is -0.119. The quantitative estimate of drug-likeness (QED) is 0.182. The number of hydrogen-bond donors (Lipinski definition) is 3. The molecule has 2 amide bonds. The molecule has 1 heterocycles. The van der Waals surface area contributed by atoms with Gasteiger partial charge < -0.3 is 14.7 Å². The molecule has 5 rings (SSSR count). The highest BCUT2D eigenvalue weighted by Gasteiger charge is 2.24. The van der Waals surface area contributed by atoms with Crippen LogP contribution in [0.25, 0.3) is 11.1 Å². The highest BCUT2D eigenvalue weighted by molar-refractivity contribution is 5.93. The molecule has 222 valence electrons. The number of amides is 2. The second kappa shape index (κ2) is 15.0. The average Bonchev–Trinajstić information content (AvgIpc) is 3.04. The number of ether oxygens (including phenoxy) is 1. The molecule has 4 aromatic rings. The van der Waals surface area contributed by atoms with Crippen molar-refractivity contribution in [1.29, 1.82) is 0 Å². The summed E-state index contributed by atoms with van der Waals surface area (Å²) < 4.78 is 5.77. The Kier molecular flexibility index (Phi) is 10.4. The molecule has 1 fully saturated rings. The molecule has 0 radical (unpaired) electrons. The minimum Gasteiger partial charge on any atom is -0.508 e. The maximum Gasteiger partial charge on any atom is 0.411 e. The van der Waals surface area contributed by atoms with Gasteiger partial charge in [0, 0.05) is 43.9 Å². The van der Waals surface area contributed by atoms with E-state index in [-0.39, 0.29) is 17.8 Å². The maximum absolute atomic E-state index is 13.3. The molecule has 8 heteroatoms. The number of anilines is 2. The smallest absolute Gasteiger partial charge is 0.411 e. The van der Waals surface area contributed by atoms with Crippen LogP contribution in [-0.4, -0.2) is 54.4 Å². The molecule has 0 unspecified atom stereocenters. The summed E-state index contributed by atoms with van der Waals surface area (Å²) in [5, 5.41) is 15.8. The Labute approximate surface area is 252 Å². The summed E-state index contributed by atoms with van der Waals surface area (Å²) in [7, 11) is 0. The van der Waals surface area contributed by atoms with Crippen molar-refractivity contribution in [3.8, 4) is 16.9 Å². The second-order valence-electron chi connectivity index (χ2n) is 10.6. The molecule has 8 nitrogen and oxygen atoms in total. The van der Waals surface area contributed by atoms with Crippen molar-refractivity contribution < 1.29 is 19.4 Å². The Hall–Kier alpha value is -4.66. The molecule has 0 aromatic heterocycles. The van der Waals surface area contributed by atoms with Gasteiger partial charge in [0.2, 0.25) is 5.91 Å². The molecule has 4 aromatic carbocycles. The summed E-state index contributed by atoms with van der Waals surface area (Å²) in [6, 6.07) is 34.3. The first-order chi connectivity index (χ1) is 21.0. The number of benzene rings is 4. The van der Waals surface area contributed by atoms with Crippen molar-refractivity contribution >= 4 is 23.4 Å². The first kappa shape index (κ1) is 29.8. The number of hydrogen-bond acceptors (Lipinski definition) is 6. The number of carbonyl (C=O) groups excluding carboxylic acids is 2. The monoisotopic (exact) mass is 578 g/mol. The van der Waals surface area contributed by atoms with Gasteiger partial charge in [-0.1, -0.05) is 78.9 Å². The maximum atomic E-state index is 13.3. The molecule has 0 atom stereocenters. The van der Waals surface area contributed by atoms with Gasteiger partial charge in [0.15, 0.2) is 0 Å². The zero-order valence-corrected chi connectivity index (χ0v) is 24.2. The van der Waals surface area contributed by atoms with E-state index in [0.717, 1.165) is 54.0 Å². The minimum atomic E-state index is -0.449. The van der Waals surface area contributed by atoms with Gasteiger partial charge in [-0.25, -0.2) is 4.79 Å². The minimum absolute atomic E-state index is 0.0410. The van der Waals surface area contributed by atoms with Crippen molar-refractivity contribution in [3.05, 3.63) is 115 Å². The van der Waals surface area contributed by atoms with E-state index in [1.165, 1.54) is 0 Å². The number of piperidine rings is 1. The number of likely N-dealkylation sites (tertiary alicyclic amines) is 1. The summed E-state index contributed by atoms with van der Waals surface area (Å²) in [6.45, 7) is 3.12. The normalized spacial score (nSPS) is 13.8. The number of nitrogens with one attached hydrogen (secondary N) is 2. The summed E-state index contributed by atoms with van der Waals surface area (Å²) >= 11 is 0. The molecule has 43 heavy (non-hydrogen) atoms. The number of rotatable bonds is 11. The highest BCUT2D eigenvalue weighted by Crippen LogP contribution is 2.28. The van der Waals surface area contributed by atoms with E-state index in [1.807, 2.05) is 97.1 Å². The number of phenols is 1. The number of aromatic hydroxyl groups is 1. The van der Waals surface area contributed by atoms with Crippen molar-refractivity contribution in [2.45, 2.75) is 31.9 Å². The largest absolute Gasteiger partial charge is 0.508 e. The predicted molar refractivity (Wildman–Crippen MR) is 170 cm³/mol. The third kappa shape index (κ3) is 8.67. The fourth-order valence-corrected chi connectivity index (χ4v) is 5.25. The van der Waals surface area contributed by atoms with Crippen LogP contribution in [0.3, 0.4) is 0 Å². The predicted octanol–water partition coefficient (Wildman–Crippen LogP) is 6.24. The lowest BCUT2D eigenvalue weighted by atomic mass is 10.0. The molecule has 0 spiro atoms. The van der Waals surface area contributed by atoms with Crippen LogP contribution in [0.4, 0.5) is 16.2 Å². The molecule has 1 aliphatic heterocycles. The molecular formula is C35H38N4O4. The Morgan fingerprint density at radius 1 is 0.837 bits per heavy atom. The zero-order chi connectivity index (χ0) is 29.9. The van der Waals surface area contributed by atoms with Gasteiger partial charge in [0.05, 0.1) is 12.4 Å². The lowest BCUT2D eigenvalue weighted by Gasteiger charge is -2.32. The number of para-hydroxylation sites is 2. The third-order valence-corrected chi connectivity index (χ3v) is 7.60. The van der Waals surface area contributed by atoms with Crippen LogP contribution in [0, 0.1) is 0 Å². The molecule has 0 aliphatic carbocycles. The fraction of sp³-hybridized carbons (Fsp3) is 0.257. The van der Waals surface area contributed by atoms with Gasteiger partial charge in [0.25, 0.3) is 0 Å². The highest BCUT2D eigenvalue weighted by atomic mass is 16.6. The van der Waals surface area contributed by atoms with E-state index in [2.05, 4.69) is 15.5 Å². The van der Waals surface area contributed by atoms with Gasteiger partial charge in [-0.15, -0.1) is 0 Å². The van der Waals surface area contributed by atoms with E-state index in [0.29, 0.717) is 26.2 Å². The molecule has 0 saturated carbocycles. The first-order valence-corrected chi connectivity index (χ1v) is 14.7. The van der Waals surface area contributed by atoms with E-state index >= 15 is 0 Å². The molecule has 1 aliphatic rings. The summed E-state index contributed by atoms with van der Waals surface area (Å²) in [6.07, 6.45) is 1.21. The number of nitrogens with zero attached hydrogens (tertiary/aromatic N) is 2. The Bertz CT molecular complexity index is 1460. The van der Waals surface area contributed by atoms with Crippen molar-refractivity contribution in [3.63, 3.8) is 0 Å². The van der Waals surface area contributed by atoms with E-state index in [9.17, 15) is 14.7 Å². The molecular weight excluding hydrogens is 540 g/mol. The van der Waals surface area contributed by atoms with E-state index < -0.39 is 6.09 Å². The summed E-state index contributed by atoms with van der Waals surface area (Å²) in [5.41, 5.74) is 4.56. The zero-order valence-electron chi connectivity index (χ0n) is 24.2. The second-order valence-corrected chi connectivity index (χ2v) is 10.6. The van der Waals surface area contributed by atoms with Gasteiger partial charge >= 0.3 is 6.09 Å². The van der Waals surface area contributed by atoms with Gasteiger partial charge in [-0.3, -0.25) is 20.3 Å². The molecule has 3 N–H and O–H groups in total. The third-order valence-electron chi connectivity index (χ3n) is 7.60. The van der Waals surface area contributed by atoms with Crippen LogP contribution in [0.2, 0.25) is 0 Å². The van der Waals surface area contributed by atoms with Crippen LogP contribution in [0.15, 0.2) is 109 Å². The SMILES string of the molecule is O=C(Nc1ccccc1-c1ccccc1)OC1CCN(CCC(=O)N(CNCc2ccc(O)cc2)c2ccccc2)CC1. The van der Waals surface area contributed by atoms with Gasteiger partial charge in [-0.2, -0.15) is 0 Å². The standard InChI is InChI=1S/C35H38N4O4/c40-30-17-15-27(16-18-30)25-36-26-39(29-11-5-2-6-12-29)34(41)21-24-38-22-19-31(20-23-38)43-35(42)37-33-14-8-7-13-32(33)28-9-3-1-4-10-28/h1-18,31,36,40H,19-26H2,(H,37,42). The van der Waals surface area contributed by atoms with Crippen molar-refractivity contribution in [2.75, 3.05) is 36.5 Å². The average molecular weight is 579 g/mol. The Balaban J connectivity index is 1.08. The van der Waals surface area contributed by atoms with Crippen LogP contribution < -0.4 is 15.5 Å². The molecule has 1 saturated heterocycles. The Morgan fingerprint density at radius 2 is 1.49 bits per heavy atom. The summed E-state index contributed by atoms with van der Waals surface area (Å²) in [4.78, 5) is 30.1. The van der Waals surface area contributed by atoms with Crippen LogP contribution in [0.5, 0.6) is 5.75 Å².